The molecule has 98 valence electrons. The molecule has 1 heterocycles. The zero-order valence-corrected chi connectivity index (χ0v) is 11.4. The van der Waals surface area contributed by atoms with Gasteiger partial charge in [0.1, 0.15) is 11.3 Å². The topological polar surface area (TPSA) is 52.1 Å². The Balaban J connectivity index is 1.93. The Morgan fingerprint density at radius 2 is 2.06 bits per heavy atom. The lowest BCUT2D eigenvalue weighted by Crippen LogP contribution is -2.28. The first kappa shape index (κ1) is 13.3. The summed E-state index contributed by atoms with van der Waals surface area (Å²) in [5.74, 6) is -0.435. The molecular formula is C13H17ClN2O2. The number of halogens is 1. The molecule has 4 nitrogen and oxygen atoms in total. The Morgan fingerprint density at radius 3 is 2.67 bits per heavy atom. The van der Waals surface area contributed by atoms with Crippen molar-refractivity contribution >= 4 is 17.6 Å². The van der Waals surface area contributed by atoms with Gasteiger partial charge in [-0.2, -0.15) is 0 Å². The Kier molecular flexibility index (Phi) is 3.85. The van der Waals surface area contributed by atoms with E-state index in [0.29, 0.717) is 5.41 Å². The average Bonchev–Trinajstić information content (AvgIpc) is 2.32. The van der Waals surface area contributed by atoms with Crippen LogP contribution in [-0.4, -0.2) is 22.0 Å². The quantitative estimate of drug-likeness (QED) is 0.773. The highest BCUT2D eigenvalue weighted by atomic mass is 35.5. The van der Waals surface area contributed by atoms with Crippen molar-refractivity contribution in [3.8, 4) is 0 Å². The van der Waals surface area contributed by atoms with Crippen LogP contribution in [0.4, 0.5) is 0 Å². The maximum atomic E-state index is 11.8. The highest BCUT2D eigenvalue weighted by Gasteiger charge is 2.29. The zero-order valence-electron chi connectivity index (χ0n) is 10.6. The Labute approximate surface area is 112 Å². The molecular weight excluding hydrogens is 252 g/mol. The number of nitrogens with zero attached hydrogens (tertiary/aromatic N) is 2. The van der Waals surface area contributed by atoms with Crippen LogP contribution in [0.1, 0.15) is 50.0 Å². The molecule has 0 spiro atoms. The average molecular weight is 269 g/mol. The van der Waals surface area contributed by atoms with E-state index in [1.54, 1.807) is 0 Å². The third kappa shape index (κ3) is 3.42. The number of rotatable bonds is 2. The highest BCUT2D eigenvalue weighted by Crippen LogP contribution is 2.36. The molecule has 0 atom stereocenters. The maximum Gasteiger partial charge on any atom is 0.358 e. The molecule has 18 heavy (non-hydrogen) atoms. The summed E-state index contributed by atoms with van der Waals surface area (Å²) in [5, 5.41) is 0.203. The fourth-order valence-electron chi connectivity index (χ4n) is 2.14. The number of carbonyl (C=O) groups is 1. The van der Waals surface area contributed by atoms with E-state index in [9.17, 15) is 4.79 Å². The molecule has 0 amide bonds. The normalized spacial score (nSPS) is 19.5. The van der Waals surface area contributed by atoms with E-state index in [2.05, 4.69) is 23.8 Å². The van der Waals surface area contributed by atoms with E-state index in [1.165, 1.54) is 12.4 Å². The van der Waals surface area contributed by atoms with Gasteiger partial charge in [-0.25, -0.2) is 9.78 Å². The van der Waals surface area contributed by atoms with Crippen LogP contribution in [0.5, 0.6) is 0 Å². The standard InChI is InChI=1S/C13H17ClN2O2/c1-13(2)5-3-9(4-6-13)18-12(17)10-7-15-8-11(14)16-10/h7-9H,3-6H2,1-2H3. The van der Waals surface area contributed by atoms with Crippen LogP contribution in [0.15, 0.2) is 12.4 Å². The number of esters is 1. The summed E-state index contributed by atoms with van der Waals surface area (Å²) in [5.41, 5.74) is 0.533. The van der Waals surface area contributed by atoms with Crippen LogP contribution >= 0.6 is 11.6 Å². The van der Waals surface area contributed by atoms with Gasteiger partial charge in [0.05, 0.1) is 12.4 Å². The lowest BCUT2D eigenvalue weighted by Gasteiger charge is -2.33. The van der Waals surface area contributed by atoms with E-state index in [1.807, 2.05) is 0 Å². The minimum Gasteiger partial charge on any atom is -0.458 e. The first-order chi connectivity index (χ1) is 8.46. The molecule has 1 aromatic rings. The molecule has 5 heteroatoms. The Morgan fingerprint density at radius 1 is 1.39 bits per heavy atom. The van der Waals surface area contributed by atoms with Crippen LogP contribution in [-0.2, 0) is 4.74 Å². The molecule has 1 aliphatic carbocycles. The SMILES string of the molecule is CC1(C)CCC(OC(=O)c2cncc(Cl)n2)CC1. The van der Waals surface area contributed by atoms with Crippen LogP contribution in [0.3, 0.4) is 0 Å². The molecule has 1 aromatic heterocycles. The fourth-order valence-corrected chi connectivity index (χ4v) is 2.29. The summed E-state index contributed by atoms with van der Waals surface area (Å²) in [6.07, 6.45) is 6.73. The van der Waals surface area contributed by atoms with E-state index in [4.69, 9.17) is 16.3 Å². The lowest BCUT2D eigenvalue weighted by atomic mass is 9.76. The second kappa shape index (κ2) is 5.22. The smallest absolute Gasteiger partial charge is 0.358 e. The third-order valence-corrected chi connectivity index (χ3v) is 3.56. The second-order valence-corrected chi connectivity index (χ2v) is 5.88. The van der Waals surface area contributed by atoms with Gasteiger partial charge in [0, 0.05) is 0 Å². The van der Waals surface area contributed by atoms with Crippen molar-refractivity contribution in [2.24, 2.45) is 5.41 Å². The van der Waals surface area contributed by atoms with Gasteiger partial charge >= 0.3 is 5.97 Å². The molecule has 2 rings (SSSR count). The van der Waals surface area contributed by atoms with Crippen LogP contribution in [0.25, 0.3) is 0 Å². The van der Waals surface area contributed by atoms with E-state index in [0.717, 1.165) is 25.7 Å². The van der Waals surface area contributed by atoms with Gasteiger partial charge in [0.15, 0.2) is 5.69 Å². The summed E-state index contributed by atoms with van der Waals surface area (Å²) in [6, 6.07) is 0. The minimum atomic E-state index is -0.435. The highest BCUT2D eigenvalue weighted by molar-refractivity contribution is 6.29. The number of ether oxygens (including phenoxy) is 1. The largest absolute Gasteiger partial charge is 0.458 e. The molecule has 0 aliphatic heterocycles. The Bertz CT molecular complexity index is 438. The Hall–Kier alpha value is -1.16. The first-order valence-electron chi connectivity index (χ1n) is 6.15. The van der Waals surface area contributed by atoms with Gasteiger partial charge in [-0.1, -0.05) is 25.4 Å². The van der Waals surface area contributed by atoms with Crippen LogP contribution in [0.2, 0.25) is 5.15 Å². The van der Waals surface area contributed by atoms with Gasteiger partial charge in [0.25, 0.3) is 0 Å². The van der Waals surface area contributed by atoms with Gasteiger partial charge in [-0.05, 0) is 31.1 Å². The number of carbonyl (C=O) groups excluding carboxylic acids is 1. The summed E-state index contributed by atoms with van der Waals surface area (Å²) < 4.78 is 5.43. The van der Waals surface area contributed by atoms with E-state index in [-0.39, 0.29) is 17.0 Å². The molecule has 0 aromatic carbocycles. The van der Waals surface area contributed by atoms with Crippen molar-refractivity contribution in [1.29, 1.82) is 0 Å². The third-order valence-electron chi connectivity index (χ3n) is 3.37. The number of aromatic nitrogens is 2. The van der Waals surface area contributed by atoms with Gasteiger partial charge < -0.3 is 4.74 Å². The molecule has 1 fully saturated rings. The van der Waals surface area contributed by atoms with Crippen molar-refractivity contribution in [3.05, 3.63) is 23.2 Å². The van der Waals surface area contributed by atoms with Crippen molar-refractivity contribution in [3.63, 3.8) is 0 Å². The molecule has 0 bridgehead atoms. The summed E-state index contributed by atoms with van der Waals surface area (Å²) in [7, 11) is 0. The second-order valence-electron chi connectivity index (χ2n) is 5.50. The minimum absolute atomic E-state index is 0.00805. The van der Waals surface area contributed by atoms with Gasteiger partial charge in [-0.15, -0.1) is 0 Å². The van der Waals surface area contributed by atoms with Gasteiger partial charge in [0.2, 0.25) is 0 Å². The van der Waals surface area contributed by atoms with E-state index >= 15 is 0 Å². The number of hydrogen-bond acceptors (Lipinski definition) is 4. The molecule has 0 N–H and O–H groups in total. The first-order valence-corrected chi connectivity index (χ1v) is 6.53. The zero-order chi connectivity index (χ0) is 13.2. The molecule has 0 radical (unpaired) electrons. The van der Waals surface area contributed by atoms with Crippen LogP contribution in [0, 0.1) is 5.41 Å². The predicted molar refractivity (Wildman–Crippen MR) is 68.5 cm³/mol. The molecule has 0 unspecified atom stereocenters. The molecule has 1 saturated carbocycles. The summed E-state index contributed by atoms with van der Waals surface area (Å²) >= 11 is 5.69. The lowest BCUT2D eigenvalue weighted by molar-refractivity contribution is 0.00886. The van der Waals surface area contributed by atoms with E-state index < -0.39 is 5.97 Å². The monoisotopic (exact) mass is 268 g/mol. The maximum absolute atomic E-state index is 11.8. The molecule has 1 aliphatic rings. The summed E-state index contributed by atoms with van der Waals surface area (Å²) in [4.78, 5) is 19.6. The predicted octanol–water partition coefficient (Wildman–Crippen LogP) is 3.26. The molecule has 0 saturated heterocycles. The van der Waals surface area contributed by atoms with Crippen LogP contribution < -0.4 is 0 Å². The fraction of sp³-hybridized carbons (Fsp3) is 0.615. The van der Waals surface area contributed by atoms with Crippen molar-refractivity contribution in [2.45, 2.75) is 45.6 Å². The van der Waals surface area contributed by atoms with Crippen molar-refractivity contribution in [2.75, 3.05) is 0 Å². The number of hydrogen-bond donors (Lipinski definition) is 0. The van der Waals surface area contributed by atoms with Crippen molar-refractivity contribution in [1.82, 2.24) is 9.97 Å². The summed E-state index contributed by atoms with van der Waals surface area (Å²) in [6.45, 7) is 4.49. The van der Waals surface area contributed by atoms with Crippen molar-refractivity contribution < 1.29 is 9.53 Å². The van der Waals surface area contributed by atoms with Gasteiger partial charge in [-0.3, -0.25) is 4.98 Å².